The molecule has 1 aliphatic rings. The van der Waals surface area contributed by atoms with Crippen LogP contribution in [0, 0.1) is 13.8 Å². The zero-order valence-electron chi connectivity index (χ0n) is 12.7. The Morgan fingerprint density at radius 2 is 1.83 bits per heavy atom. The van der Waals surface area contributed by atoms with Crippen LogP contribution in [0.3, 0.4) is 0 Å². The molecule has 0 radical (unpaired) electrons. The van der Waals surface area contributed by atoms with Gasteiger partial charge in [-0.1, -0.05) is 46.3 Å². The van der Waals surface area contributed by atoms with E-state index in [1.165, 1.54) is 11.8 Å². The van der Waals surface area contributed by atoms with E-state index < -0.39 is 0 Å². The Morgan fingerprint density at radius 3 is 2.48 bits per heavy atom. The van der Waals surface area contributed by atoms with Gasteiger partial charge in [0.2, 0.25) is 0 Å². The maximum absolute atomic E-state index is 12.4. The maximum atomic E-state index is 12.4. The van der Waals surface area contributed by atoms with E-state index in [-0.39, 0.29) is 5.24 Å². The maximum Gasteiger partial charge on any atom is 0.296 e. The lowest BCUT2D eigenvalue weighted by Crippen LogP contribution is -2.26. The monoisotopic (exact) mass is 403 g/mol. The molecule has 2 aromatic rings. The van der Waals surface area contributed by atoms with Gasteiger partial charge in [0.15, 0.2) is 0 Å². The minimum Gasteiger partial charge on any atom is -0.261 e. The van der Waals surface area contributed by atoms with Gasteiger partial charge in [-0.25, -0.2) is 0 Å². The van der Waals surface area contributed by atoms with E-state index in [9.17, 15) is 4.79 Å². The van der Waals surface area contributed by atoms with Crippen molar-refractivity contribution in [1.29, 1.82) is 0 Å². The van der Waals surface area contributed by atoms with Gasteiger partial charge in [0, 0.05) is 4.47 Å². The van der Waals surface area contributed by atoms with Gasteiger partial charge in [-0.15, -0.1) is 0 Å². The number of thioether (sulfide) groups is 1. The SMILES string of the molecule is Cc1cc(C)cc(N2C(=O)S/C(=C\c3cccc(Br)c3)C2=S)c1. The number of thiocarbonyl (C=S) groups is 1. The van der Waals surface area contributed by atoms with E-state index in [1.54, 1.807) is 4.90 Å². The second kappa shape index (κ2) is 6.59. The summed E-state index contributed by atoms with van der Waals surface area (Å²) in [4.78, 5) is 15.4. The lowest BCUT2D eigenvalue weighted by molar-refractivity contribution is 0.268. The second-order valence-corrected chi connectivity index (χ2v) is 7.71. The van der Waals surface area contributed by atoms with Crippen LogP contribution >= 0.6 is 39.9 Å². The molecule has 1 amide bonds. The normalized spacial score (nSPS) is 16.5. The molecule has 23 heavy (non-hydrogen) atoms. The predicted octanol–water partition coefficient (Wildman–Crippen LogP) is 6.11. The summed E-state index contributed by atoms with van der Waals surface area (Å²) in [5.41, 5.74) is 4.08. The van der Waals surface area contributed by atoms with Gasteiger partial charge in [0.25, 0.3) is 5.24 Å². The number of nitrogens with zero attached hydrogens (tertiary/aromatic N) is 1. The molecular formula is C18H14BrNOS2. The number of carbonyl (C=O) groups excluding carboxylic acids is 1. The summed E-state index contributed by atoms with van der Waals surface area (Å²) in [5, 5.41) is -0.0544. The molecule has 2 nitrogen and oxygen atoms in total. The minimum absolute atomic E-state index is 0.0544. The van der Waals surface area contributed by atoms with Crippen molar-refractivity contribution in [2.75, 3.05) is 4.90 Å². The molecule has 2 aromatic carbocycles. The van der Waals surface area contributed by atoms with Gasteiger partial charge in [0.1, 0.15) is 4.99 Å². The van der Waals surface area contributed by atoms with Gasteiger partial charge in [-0.3, -0.25) is 9.69 Å². The fourth-order valence-electron chi connectivity index (χ4n) is 2.52. The highest BCUT2D eigenvalue weighted by Gasteiger charge is 2.33. The number of amides is 1. The first-order valence-electron chi connectivity index (χ1n) is 7.06. The fourth-order valence-corrected chi connectivity index (χ4v) is 4.21. The zero-order chi connectivity index (χ0) is 16.6. The molecule has 0 atom stereocenters. The van der Waals surface area contributed by atoms with Crippen LogP contribution in [0.25, 0.3) is 6.08 Å². The van der Waals surface area contributed by atoms with Gasteiger partial charge >= 0.3 is 0 Å². The predicted molar refractivity (Wildman–Crippen MR) is 106 cm³/mol. The van der Waals surface area contributed by atoms with Crippen LogP contribution < -0.4 is 4.90 Å². The number of rotatable bonds is 2. The Bertz CT molecular complexity index is 824. The Hall–Kier alpha value is -1.43. The molecule has 3 rings (SSSR count). The van der Waals surface area contributed by atoms with Crippen LogP contribution in [-0.4, -0.2) is 10.2 Å². The number of hydrogen-bond acceptors (Lipinski definition) is 3. The summed E-state index contributed by atoms with van der Waals surface area (Å²) in [6, 6.07) is 14.0. The Morgan fingerprint density at radius 1 is 1.13 bits per heavy atom. The average molecular weight is 404 g/mol. The van der Waals surface area contributed by atoms with Crippen molar-refractivity contribution in [3.63, 3.8) is 0 Å². The third kappa shape index (κ3) is 3.57. The standard InChI is InChI=1S/C18H14BrNOS2/c1-11-6-12(2)8-15(7-11)20-17(22)16(23-18(20)21)10-13-4-3-5-14(19)9-13/h3-10H,1-2H3/b16-10-. The largest absolute Gasteiger partial charge is 0.296 e. The molecule has 1 heterocycles. The molecule has 116 valence electrons. The number of aryl methyl sites for hydroxylation is 2. The highest BCUT2D eigenvalue weighted by atomic mass is 79.9. The molecule has 1 fully saturated rings. The van der Waals surface area contributed by atoms with Crippen LogP contribution in [0.1, 0.15) is 16.7 Å². The number of benzene rings is 2. The third-order valence-corrected chi connectivity index (χ3v) is 5.32. The van der Waals surface area contributed by atoms with Crippen molar-refractivity contribution in [3.05, 3.63) is 68.5 Å². The average Bonchev–Trinajstić information content (AvgIpc) is 2.72. The lowest BCUT2D eigenvalue weighted by Gasteiger charge is -2.16. The molecule has 1 saturated heterocycles. The first-order valence-corrected chi connectivity index (χ1v) is 9.07. The van der Waals surface area contributed by atoms with Crippen molar-refractivity contribution >= 4 is 61.9 Å². The third-order valence-electron chi connectivity index (χ3n) is 3.40. The van der Waals surface area contributed by atoms with Crippen molar-refractivity contribution in [2.45, 2.75) is 13.8 Å². The smallest absolute Gasteiger partial charge is 0.261 e. The van der Waals surface area contributed by atoms with E-state index in [0.29, 0.717) is 4.99 Å². The Labute approximate surface area is 153 Å². The summed E-state index contributed by atoms with van der Waals surface area (Å²) < 4.78 is 0.998. The molecule has 0 spiro atoms. The highest BCUT2D eigenvalue weighted by molar-refractivity contribution is 9.10. The van der Waals surface area contributed by atoms with Crippen LogP contribution in [-0.2, 0) is 0 Å². The van der Waals surface area contributed by atoms with Crippen molar-refractivity contribution in [1.82, 2.24) is 0 Å². The number of halogens is 1. The molecule has 5 heteroatoms. The summed E-state index contributed by atoms with van der Waals surface area (Å²) in [6.45, 7) is 4.04. The molecule has 0 bridgehead atoms. The van der Waals surface area contributed by atoms with Crippen molar-refractivity contribution < 1.29 is 4.79 Å². The van der Waals surface area contributed by atoms with Gasteiger partial charge < -0.3 is 0 Å². The molecular weight excluding hydrogens is 390 g/mol. The number of hydrogen-bond donors (Lipinski definition) is 0. The van der Waals surface area contributed by atoms with Gasteiger partial charge in [0.05, 0.1) is 10.6 Å². The first-order chi connectivity index (χ1) is 10.9. The van der Waals surface area contributed by atoms with E-state index in [2.05, 4.69) is 22.0 Å². The molecule has 0 saturated carbocycles. The van der Waals surface area contributed by atoms with E-state index in [4.69, 9.17) is 12.2 Å². The van der Waals surface area contributed by atoms with Crippen LogP contribution in [0.5, 0.6) is 0 Å². The topological polar surface area (TPSA) is 20.3 Å². The van der Waals surface area contributed by atoms with Crippen LogP contribution in [0.2, 0.25) is 0 Å². The number of anilines is 1. The summed E-state index contributed by atoms with van der Waals surface area (Å²) in [7, 11) is 0. The molecule has 0 aromatic heterocycles. The van der Waals surface area contributed by atoms with Gasteiger partial charge in [-0.05, 0) is 72.6 Å². The van der Waals surface area contributed by atoms with Crippen molar-refractivity contribution in [3.8, 4) is 0 Å². The molecule has 0 aliphatic carbocycles. The quantitative estimate of drug-likeness (QED) is 0.445. The Kier molecular flexibility index (Phi) is 4.71. The molecule has 0 N–H and O–H groups in total. The van der Waals surface area contributed by atoms with Crippen LogP contribution in [0.4, 0.5) is 10.5 Å². The summed E-state index contributed by atoms with van der Waals surface area (Å²) in [5.74, 6) is 0. The van der Waals surface area contributed by atoms with E-state index in [1.807, 2.05) is 56.3 Å². The van der Waals surface area contributed by atoms with E-state index in [0.717, 1.165) is 31.8 Å². The minimum atomic E-state index is -0.0544. The van der Waals surface area contributed by atoms with Gasteiger partial charge in [-0.2, -0.15) is 0 Å². The number of carbonyl (C=O) groups is 1. The molecule has 0 unspecified atom stereocenters. The lowest BCUT2D eigenvalue weighted by atomic mass is 10.1. The highest BCUT2D eigenvalue weighted by Crippen LogP contribution is 2.37. The van der Waals surface area contributed by atoms with Crippen molar-refractivity contribution in [2.24, 2.45) is 0 Å². The second-order valence-electron chi connectivity index (χ2n) is 5.42. The summed E-state index contributed by atoms with van der Waals surface area (Å²) in [6.07, 6.45) is 1.96. The molecule has 1 aliphatic heterocycles. The zero-order valence-corrected chi connectivity index (χ0v) is 15.9. The summed E-state index contributed by atoms with van der Waals surface area (Å²) >= 11 is 10.2. The van der Waals surface area contributed by atoms with E-state index >= 15 is 0 Å². The fraction of sp³-hybridized carbons (Fsp3) is 0.111. The Balaban J connectivity index is 1.97. The van der Waals surface area contributed by atoms with Crippen LogP contribution in [0.15, 0.2) is 51.8 Å². The first kappa shape index (κ1) is 16.4.